The van der Waals surface area contributed by atoms with Gasteiger partial charge in [-0.25, -0.2) is 4.79 Å². The van der Waals surface area contributed by atoms with Crippen LogP contribution in [0.1, 0.15) is 35.7 Å². The number of rotatable bonds is 6. The number of carbonyl (C=O) groups excluding carboxylic acids is 1. The summed E-state index contributed by atoms with van der Waals surface area (Å²) in [6.07, 6.45) is 3.56. The summed E-state index contributed by atoms with van der Waals surface area (Å²) < 4.78 is 1.98. The maximum absolute atomic E-state index is 12.8. The number of hydrogen-bond acceptors (Lipinski definition) is 4. The van der Waals surface area contributed by atoms with Crippen molar-refractivity contribution in [1.29, 1.82) is 0 Å². The van der Waals surface area contributed by atoms with Crippen molar-refractivity contribution in [3.05, 3.63) is 71.8 Å². The number of carbonyl (C=O) groups is 1. The van der Waals surface area contributed by atoms with Crippen LogP contribution in [-0.2, 0) is 20.1 Å². The predicted molar refractivity (Wildman–Crippen MR) is 126 cm³/mol. The van der Waals surface area contributed by atoms with Gasteiger partial charge in [0, 0.05) is 39.1 Å². The monoisotopic (exact) mass is 432 g/mol. The minimum atomic E-state index is -0.00227. The van der Waals surface area contributed by atoms with Crippen LogP contribution < -0.4 is 5.32 Å². The lowest BCUT2D eigenvalue weighted by Crippen LogP contribution is -2.44. The number of benzene rings is 2. The Bertz CT molecular complexity index is 1030. The number of aryl methyl sites for hydroxylation is 1. The van der Waals surface area contributed by atoms with Crippen LogP contribution in [0.25, 0.3) is 11.1 Å². The summed E-state index contributed by atoms with van der Waals surface area (Å²) in [6.45, 7) is 2.90. The second-order valence-electron chi connectivity index (χ2n) is 8.81. The molecule has 2 heterocycles. The van der Waals surface area contributed by atoms with Gasteiger partial charge in [0.15, 0.2) is 0 Å². The molecule has 0 spiro atoms. The summed E-state index contributed by atoms with van der Waals surface area (Å²) in [6, 6.07) is 16.9. The van der Waals surface area contributed by atoms with E-state index in [0.29, 0.717) is 12.5 Å². The Labute approximate surface area is 190 Å². The highest BCUT2D eigenvalue weighted by molar-refractivity contribution is 5.75. The second kappa shape index (κ2) is 9.96. The third kappa shape index (κ3) is 5.16. The predicted octanol–water partition coefficient (Wildman–Crippen LogP) is 3.63. The molecule has 32 heavy (non-hydrogen) atoms. The maximum Gasteiger partial charge on any atom is 0.317 e. The molecular formula is C25H32N6O. The van der Waals surface area contributed by atoms with Crippen molar-refractivity contribution in [2.45, 2.75) is 31.8 Å². The van der Waals surface area contributed by atoms with Gasteiger partial charge in [-0.05, 0) is 49.2 Å². The van der Waals surface area contributed by atoms with Crippen molar-refractivity contribution < 1.29 is 4.79 Å². The molecule has 1 aliphatic rings. The van der Waals surface area contributed by atoms with E-state index < -0.39 is 0 Å². The summed E-state index contributed by atoms with van der Waals surface area (Å²) in [5.74, 6) is 1.37. The zero-order valence-electron chi connectivity index (χ0n) is 19.2. The van der Waals surface area contributed by atoms with Crippen LogP contribution in [0.5, 0.6) is 0 Å². The molecule has 0 radical (unpaired) electrons. The molecular weight excluding hydrogens is 400 g/mol. The van der Waals surface area contributed by atoms with Crippen molar-refractivity contribution in [1.82, 2.24) is 29.9 Å². The number of piperidine rings is 1. The Morgan fingerprint density at radius 2 is 1.81 bits per heavy atom. The molecule has 1 aromatic heterocycles. The SMILES string of the molecule is CN(C)Cc1ccc(-c2ccccc2CNC(=O)N2CCC(c3nncn3C)CC2)cc1. The average molecular weight is 433 g/mol. The van der Waals surface area contributed by atoms with Gasteiger partial charge in [0.05, 0.1) is 0 Å². The molecule has 2 aromatic carbocycles. The fourth-order valence-corrected chi connectivity index (χ4v) is 4.40. The van der Waals surface area contributed by atoms with Crippen LogP contribution in [0, 0.1) is 0 Å². The fraction of sp³-hybridized carbons (Fsp3) is 0.400. The van der Waals surface area contributed by atoms with Crippen molar-refractivity contribution in [2.75, 3.05) is 27.2 Å². The molecule has 1 fully saturated rings. The standard InChI is InChI=1S/C25H32N6O/c1-29(2)17-19-8-10-20(11-9-19)23-7-5-4-6-22(23)16-26-25(32)31-14-12-21(13-15-31)24-28-27-18-30(24)3/h4-11,18,21H,12-17H2,1-3H3,(H,26,32). The number of amides is 2. The summed E-state index contributed by atoms with van der Waals surface area (Å²) in [7, 11) is 6.12. The van der Waals surface area contributed by atoms with E-state index in [1.54, 1.807) is 6.33 Å². The Morgan fingerprint density at radius 3 is 2.47 bits per heavy atom. The van der Waals surface area contributed by atoms with Crippen molar-refractivity contribution in [3.8, 4) is 11.1 Å². The van der Waals surface area contributed by atoms with Gasteiger partial charge in [0.1, 0.15) is 12.2 Å². The molecule has 2 amide bonds. The van der Waals surface area contributed by atoms with Crippen LogP contribution in [-0.4, -0.2) is 57.8 Å². The van der Waals surface area contributed by atoms with E-state index in [1.165, 1.54) is 11.1 Å². The van der Waals surface area contributed by atoms with E-state index in [-0.39, 0.29) is 6.03 Å². The number of likely N-dealkylation sites (tertiary alicyclic amines) is 1. The lowest BCUT2D eigenvalue weighted by Gasteiger charge is -2.31. The van der Waals surface area contributed by atoms with Crippen LogP contribution in [0.2, 0.25) is 0 Å². The van der Waals surface area contributed by atoms with E-state index in [1.807, 2.05) is 28.6 Å². The Hall–Kier alpha value is -3.19. The summed E-state index contributed by atoms with van der Waals surface area (Å²) in [5.41, 5.74) is 4.73. The van der Waals surface area contributed by atoms with Gasteiger partial charge in [-0.1, -0.05) is 48.5 Å². The molecule has 1 aliphatic heterocycles. The maximum atomic E-state index is 12.8. The quantitative estimate of drug-likeness (QED) is 0.646. The van der Waals surface area contributed by atoms with Gasteiger partial charge >= 0.3 is 6.03 Å². The minimum Gasteiger partial charge on any atom is -0.334 e. The van der Waals surface area contributed by atoms with Gasteiger partial charge < -0.3 is 19.7 Å². The van der Waals surface area contributed by atoms with Crippen LogP contribution in [0.15, 0.2) is 54.9 Å². The molecule has 0 bridgehead atoms. The summed E-state index contributed by atoms with van der Waals surface area (Å²) >= 11 is 0. The first-order valence-electron chi connectivity index (χ1n) is 11.2. The first-order chi connectivity index (χ1) is 15.5. The molecule has 1 N–H and O–H groups in total. The smallest absolute Gasteiger partial charge is 0.317 e. The molecule has 7 heteroatoms. The van der Waals surface area contributed by atoms with E-state index >= 15 is 0 Å². The minimum absolute atomic E-state index is 0.00227. The highest BCUT2D eigenvalue weighted by Gasteiger charge is 2.26. The molecule has 0 saturated carbocycles. The molecule has 3 aromatic rings. The molecule has 7 nitrogen and oxygen atoms in total. The number of nitrogens with one attached hydrogen (secondary N) is 1. The molecule has 0 unspecified atom stereocenters. The molecule has 4 rings (SSSR count). The second-order valence-corrected chi connectivity index (χ2v) is 8.81. The lowest BCUT2D eigenvalue weighted by atomic mass is 9.96. The Balaban J connectivity index is 1.35. The summed E-state index contributed by atoms with van der Waals surface area (Å²) in [5, 5.41) is 11.3. The molecule has 1 saturated heterocycles. The van der Waals surface area contributed by atoms with Crippen molar-refractivity contribution >= 4 is 6.03 Å². The van der Waals surface area contributed by atoms with Crippen LogP contribution >= 0.6 is 0 Å². The fourth-order valence-electron chi connectivity index (χ4n) is 4.40. The molecule has 168 valence electrons. The van der Waals surface area contributed by atoms with E-state index in [9.17, 15) is 4.79 Å². The largest absolute Gasteiger partial charge is 0.334 e. The number of nitrogens with zero attached hydrogens (tertiary/aromatic N) is 5. The average Bonchev–Trinajstić information content (AvgIpc) is 3.24. The van der Waals surface area contributed by atoms with E-state index in [4.69, 9.17) is 0 Å². The van der Waals surface area contributed by atoms with E-state index in [0.717, 1.165) is 49.4 Å². The molecule has 0 atom stereocenters. The van der Waals surface area contributed by atoms with Crippen molar-refractivity contribution in [3.63, 3.8) is 0 Å². The Morgan fingerprint density at radius 1 is 1.09 bits per heavy atom. The zero-order chi connectivity index (χ0) is 22.5. The third-order valence-electron chi connectivity index (χ3n) is 6.10. The number of aromatic nitrogens is 3. The van der Waals surface area contributed by atoms with Crippen LogP contribution in [0.3, 0.4) is 0 Å². The zero-order valence-corrected chi connectivity index (χ0v) is 19.2. The highest BCUT2D eigenvalue weighted by atomic mass is 16.2. The van der Waals surface area contributed by atoms with E-state index in [2.05, 4.69) is 70.9 Å². The first kappa shape index (κ1) is 22.0. The lowest BCUT2D eigenvalue weighted by molar-refractivity contribution is 0.179. The van der Waals surface area contributed by atoms with Gasteiger partial charge in [-0.2, -0.15) is 0 Å². The first-order valence-corrected chi connectivity index (χ1v) is 11.2. The van der Waals surface area contributed by atoms with Gasteiger partial charge in [-0.15, -0.1) is 10.2 Å². The van der Waals surface area contributed by atoms with Gasteiger partial charge in [0.2, 0.25) is 0 Å². The topological polar surface area (TPSA) is 66.3 Å². The number of urea groups is 1. The third-order valence-corrected chi connectivity index (χ3v) is 6.10. The highest BCUT2D eigenvalue weighted by Crippen LogP contribution is 2.27. The Kier molecular flexibility index (Phi) is 6.85. The van der Waals surface area contributed by atoms with Gasteiger partial charge in [-0.3, -0.25) is 0 Å². The number of hydrogen-bond donors (Lipinski definition) is 1. The van der Waals surface area contributed by atoms with Crippen molar-refractivity contribution in [2.24, 2.45) is 7.05 Å². The normalized spacial score (nSPS) is 14.7. The van der Waals surface area contributed by atoms with Gasteiger partial charge in [0.25, 0.3) is 0 Å². The van der Waals surface area contributed by atoms with Crippen LogP contribution in [0.4, 0.5) is 4.79 Å². The molecule has 0 aliphatic carbocycles. The summed E-state index contributed by atoms with van der Waals surface area (Å²) in [4.78, 5) is 16.9.